The molecule has 112 valence electrons. The van der Waals surface area contributed by atoms with E-state index in [1.54, 1.807) is 6.33 Å². The molecule has 0 aliphatic carbocycles. The van der Waals surface area contributed by atoms with Crippen molar-refractivity contribution in [2.75, 3.05) is 31.1 Å². The molecule has 0 bridgehead atoms. The van der Waals surface area contributed by atoms with E-state index in [0.29, 0.717) is 18.5 Å². The average Bonchev–Trinajstić information content (AvgIpc) is 2.94. The third kappa shape index (κ3) is 3.60. The summed E-state index contributed by atoms with van der Waals surface area (Å²) in [7, 11) is 0. The second-order valence-electron chi connectivity index (χ2n) is 5.30. The summed E-state index contributed by atoms with van der Waals surface area (Å²) in [5, 5.41) is 3.56. The number of hydrogen-bond acceptors (Lipinski definition) is 5. The molecular weight excluding hydrogens is 252 g/mol. The van der Waals surface area contributed by atoms with Crippen LogP contribution in [-0.2, 0) is 0 Å². The van der Waals surface area contributed by atoms with E-state index < -0.39 is 0 Å². The van der Waals surface area contributed by atoms with Crippen LogP contribution in [0.25, 0.3) is 0 Å². The maximum atomic E-state index is 5.58. The highest BCUT2D eigenvalue weighted by atomic mass is 16.5. The highest BCUT2D eigenvalue weighted by Gasteiger charge is 2.20. The van der Waals surface area contributed by atoms with E-state index in [9.17, 15) is 0 Å². The number of nitrogens with one attached hydrogen (secondary N) is 1. The molecule has 5 heteroatoms. The summed E-state index contributed by atoms with van der Waals surface area (Å²) in [6.07, 6.45) is 5.25. The van der Waals surface area contributed by atoms with E-state index in [1.807, 2.05) is 13.8 Å². The number of anilines is 1. The minimum Gasteiger partial charge on any atom is -0.478 e. The molecule has 1 aromatic heterocycles. The van der Waals surface area contributed by atoms with Crippen molar-refractivity contribution in [1.29, 1.82) is 0 Å². The van der Waals surface area contributed by atoms with Crippen molar-refractivity contribution in [3.05, 3.63) is 11.9 Å². The van der Waals surface area contributed by atoms with Gasteiger partial charge in [-0.2, -0.15) is 0 Å². The van der Waals surface area contributed by atoms with Gasteiger partial charge >= 0.3 is 0 Å². The van der Waals surface area contributed by atoms with Gasteiger partial charge in [0.15, 0.2) is 0 Å². The molecule has 0 saturated carbocycles. The zero-order valence-corrected chi connectivity index (χ0v) is 12.9. The Hall–Kier alpha value is -1.36. The van der Waals surface area contributed by atoms with Crippen molar-refractivity contribution < 1.29 is 4.74 Å². The van der Waals surface area contributed by atoms with Crippen LogP contribution < -0.4 is 15.0 Å². The first-order valence-electron chi connectivity index (χ1n) is 7.69. The van der Waals surface area contributed by atoms with Crippen molar-refractivity contribution in [3.63, 3.8) is 0 Å². The first-order valence-corrected chi connectivity index (χ1v) is 7.69. The van der Waals surface area contributed by atoms with Crippen molar-refractivity contribution in [2.24, 2.45) is 0 Å². The molecule has 1 saturated heterocycles. The summed E-state index contributed by atoms with van der Waals surface area (Å²) >= 11 is 0. The van der Waals surface area contributed by atoms with Crippen LogP contribution in [0.15, 0.2) is 6.33 Å². The summed E-state index contributed by atoms with van der Waals surface area (Å²) < 4.78 is 5.58. The minimum absolute atomic E-state index is 0.575. The van der Waals surface area contributed by atoms with Crippen LogP contribution in [0, 0.1) is 6.92 Å². The maximum absolute atomic E-state index is 5.58. The molecule has 1 aliphatic rings. The summed E-state index contributed by atoms with van der Waals surface area (Å²) in [5.74, 6) is 1.72. The summed E-state index contributed by atoms with van der Waals surface area (Å²) in [6, 6.07) is 0.575. The molecule has 1 aromatic rings. The van der Waals surface area contributed by atoms with Crippen molar-refractivity contribution in [2.45, 2.75) is 46.1 Å². The lowest BCUT2D eigenvalue weighted by Gasteiger charge is -2.28. The normalized spacial score (nSPS) is 18.2. The van der Waals surface area contributed by atoms with Gasteiger partial charge in [-0.15, -0.1) is 0 Å². The fraction of sp³-hybridized carbons (Fsp3) is 0.733. The molecule has 2 rings (SSSR count). The first-order chi connectivity index (χ1) is 9.76. The number of ether oxygens (including phenoxy) is 1. The zero-order chi connectivity index (χ0) is 14.4. The van der Waals surface area contributed by atoms with Gasteiger partial charge in [-0.25, -0.2) is 9.97 Å². The molecule has 1 N–H and O–H groups in total. The molecule has 20 heavy (non-hydrogen) atoms. The van der Waals surface area contributed by atoms with Gasteiger partial charge in [0.25, 0.3) is 0 Å². The van der Waals surface area contributed by atoms with E-state index in [1.165, 1.54) is 12.8 Å². The fourth-order valence-corrected chi connectivity index (χ4v) is 2.76. The van der Waals surface area contributed by atoms with Gasteiger partial charge < -0.3 is 15.0 Å². The lowest BCUT2D eigenvalue weighted by atomic mass is 10.2. The second-order valence-corrected chi connectivity index (χ2v) is 5.30. The van der Waals surface area contributed by atoms with Gasteiger partial charge in [0.05, 0.1) is 12.2 Å². The van der Waals surface area contributed by atoms with Gasteiger partial charge in [0, 0.05) is 19.1 Å². The van der Waals surface area contributed by atoms with E-state index in [2.05, 4.69) is 27.1 Å². The molecule has 1 atom stereocenters. The van der Waals surface area contributed by atoms with Crippen molar-refractivity contribution >= 4 is 5.82 Å². The maximum Gasteiger partial charge on any atom is 0.221 e. The molecule has 0 aromatic carbocycles. The van der Waals surface area contributed by atoms with Crippen LogP contribution in [0.1, 0.15) is 38.7 Å². The highest BCUT2D eigenvalue weighted by molar-refractivity contribution is 5.50. The predicted molar refractivity (Wildman–Crippen MR) is 81.5 cm³/mol. The smallest absolute Gasteiger partial charge is 0.221 e. The van der Waals surface area contributed by atoms with Gasteiger partial charge in [0.1, 0.15) is 12.1 Å². The Labute approximate surface area is 121 Å². The quantitative estimate of drug-likeness (QED) is 0.828. The van der Waals surface area contributed by atoms with E-state index in [0.717, 1.165) is 37.4 Å². The molecule has 0 amide bonds. The van der Waals surface area contributed by atoms with Crippen LogP contribution in [0.3, 0.4) is 0 Å². The third-order valence-corrected chi connectivity index (χ3v) is 3.69. The molecular formula is C15H26N4O. The Bertz CT molecular complexity index is 418. The summed E-state index contributed by atoms with van der Waals surface area (Å²) in [5.41, 5.74) is 1.04. The third-order valence-electron chi connectivity index (χ3n) is 3.69. The predicted octanol–water partition coefficient (Wildman–Crippen LogP) is 2.15. The van der Waals surface area contributed by atoms with Crippen LogP contribution in [-0.4, -0.2) is 42.3 Å². The Balaban J connectivity index is 2.16. The average molecular weight is 278 g/mol. The van der Waals surface area contributed by atoms with Crippen LogP contribution in [0.2, 0.25) is 0 Å². The Morgan fingerprint density at radius 2 is 2.25 bits per heavy atom. The number of hydrogen-bond donors (Lipinski definition) is 1. The largest absolute Gasteiger partial charge is 0.478 e. The van der Waals surface area contributed by atoms with Gasteiger partial charge in [0.2, 0.25) is 5.88 Å². The molecule has 1 fully saturated rings. The lowest BCUT2D eigenvalue weighted by Crippen LogP contribution is -2.38. The topological polar surface area (TPSA) is 50.3 Å². The van der Waals surface area contributed by atoms with Crippen molar-refractivity contribution in [3.8, 4) is 5.88 Å². The lowest BCUT2D eigenvalue weighted by molar-refractivity contribution is 0.323. The molecule has 2 heterocycles. The fourth-order valence-electron chi connectivity index (χ4n) is 2.76. The van der Waals surface area contributed by atoms with Crippen LogP contribution >= 0.6 is 0 Å². The van der Waals surface area contributed by atoms with E-state index in [4.69, 9.17) is 4.74 Å². The molecule has 0 spiro atoms. The molecule has 0 radical (unpaired) electrons. The Morgan fingerprint density at radius 3 is 2.90 bits per heavy atom. The van der Waals surface area contributed by atoms with Crippen LogP contribution in [0.4, 0.5) is 5.82 Å². The monoisotopic (exact) mass is 278 g/mol. The standard InChI is InChI=1S/C15H26N4O/c1-4-9-19(10-13-7-6-8-16-13)14-12(3)15(20-5-2)18-11-17-14/h11,13,16H,4-10H2,1-3H3. The number of rotatable bonds is 7. The Kier molecular flexibility index (Phi) is 5.59. The molecule has 1 aliphatic heterocycles. The summed E-state index contributed by atoms with van der Waals surface area (Å²) in [6.45, 7) is 10.0. The molecule has 5 nitrogen and oxygen atoms in total. The van der Waals surface area contributed by atoms with Gasteiger partial charge in [-0.05, 0) is 39.7 Å². The second kappa shape index (κ2) is 7.43. The Morgan fingerprint density at radius 1 is 1.40 bits per heavy atom. The molecule has 1 unspecified atom stereocenters. The van der Waals surface area contributed by atoms with Gasteiger partial charge in [-0.3, -0.25) is 0 Å². The number of aromatic nitrogens is 2. The number of nitrogens with zero attached hydrogens (tertiary/aromatic N) is 3. The van der Waals surface area contributed by atoms with Gasteiger partial charge in [-0.1, -0.05) is 6.92 Å². The zero-order valence-electron chi connectivity index (χ0n) is 12.9. The first kappa shape index (κ1) is 15.0. The van der Waals surface area contributed by atoms with E-state index >= 15 is 0 Å². The van der Waals surface area contributed by atoms with Crippen LogP contribution in [0.5, 0.6) is 5.88 Å². The van der Waals surface area contributed by atoms with Crippen molar-refractivity contribution in [1.82, 2.24) is 15.3 Å². The SMILES string of the molecule is CCCN(CC1CCCN1)c1ncnc(OCC)c1C. The van der Waals surface area contributed by atoms with E-state index in [-0.39, 0.29) is 0 Å². The minimum atomic E-state index is 0.575. The summed E-state index contributed by atoms with van der Waals surface area (Å²) in [4.78, 5) is 11.1. The highest BCUT2D eigenvalue weighted by Crippen LogP contribution is 2.25.